The summed E-state index contributed by atoms with van der Waals surface area (Å²) in [5.41, 5.74) is 6.30. The van der Waals surface area contributed by atoms with Gasteiger partial charge < -0.3 is 20.7 Å². The number of benzene rings is 1. The number of carbonyl (C=O) groups is 1. The first-order valence-electron chi connectivity index (χ1n) is 9.17. The molecule has 152 valence electrons. The number of nitrogens with zero attached hydrogens (tertiary/aromatic N) is 1. The van der Waals surface area contributed by atoms with Gasteiger partial charge in [-0.05, 0) is 42.9 Å². The normalized spacial score (nSPS) is 22.7. The minimum absolute atomic E-state index is 0.0105. The van der Waals surface area contributed by atoms with E-state index in [1.165, 1.54) is 0 Å². The molecule has 0 bridgehead atoms. The van der Waals surface area contributed by atoms with Gasteiger partial charge in [-0.3, -0.25) is 4.90 Å². The Morgan fingerprint density at radius 2 is 1.96 bits per heavy atom. The Hall–Kier alpha value is -1.77. The molecule has 1 aliphatic heterocycles. The van der Waals surface area contributed by atoms with Gasteiger partial charge in [0.25, 0.3) is 0 Å². The lowest BCUT2D eigenvalue weighted by atomic mass is 9.94. The van der Waals surface area contributed by atoms with E-state index in [0.29, 0.717) is 11.5 Å². The van der Waals surface area contributed by atoms with Crippen molar-refractivity contribution < 1.29 is 28.5 Å². The highest BCUT2D eigenvalue weighted by Gasteiger charge is 2.38. The lowest BCUT2D eigenvalue weighted by Crippen LogP contribution is -2.60. The number of amides is 1. The van der Waals surface area contributed by atoms with Crippen molar-refractivity contribution >= 4 is 6.09 Å². The second-order valence-corrected chi connectivity index (χ2v) is 7.57. The maximum atomic E-state index is 13.3. The van der Waals surface area contributed by atoms with Crippen LogP contribution < -0.4 is 5.73 Å². The number of ether oxygens (including phenoxy) is 1. The molecule has 0 radical (unpaired) electrons. The molecule has 1 fully saturated rings. The Labute approximate surface area is 157 Å². The van der Waals surface area contributed by atoms with Crippen LogP contribution in [0.5, 0.6) is 0 Å². The number of hydrogen-bond acceptors (Lipinski definition) is 4. The van der Waals surface area contributed by atoms with Gasteiger partial charge in [0.2, 0.25) is 0 Å². The van der Waals surface area contributed by atoms with Crippen molar-refractivity contribution in [3.8, 4) is 0 Å². The van der Waals surface area contributed by atoms with Crippen LogP contribution in [0, 0.1) is 17.6 Å². The van der Waals surface area contributed by atoms with E-state index in [4.69, 9.17) is 10.5 Å². The van der Waals surface area contributed by atoms with E-state index in [1.807, 2.05) is 0 Å². The van der Waals surface area contributed by atoms with Gasteiger partial charge in [-0.1, -0.05) is 13.8 Å². The van der Waals surface area contributed by atoms with Crippen molar-refractivity contribution in [3.63, 3.8) is 0 Å². The first-order valence-corrected chi connectivity index (χ1v) is 9.17. The van der Waals surface area contributed by atoms with E-state index in [2.05, 4.69) is 13.8 Å². The molecule has 0 unspecified atom stereocenters. The Morgan fingerprint density at radius 3 is 2.52 bits per heavy atom. The fourth-order valence-electron chi connectivity index (χ4n) is 3.34. The number of carboxylic acid groups (broad SMARTS) is 1. The molecule has 27 heavy (non-hydrogen) atoms. The molecule has 4 atom stereocenters. The van der Waals surface area contributed by atoms with Crippen molar-refractivity contribution in [2.45, 2.75) is 57.4 Å². The van der Waals surface area contributed by atoms with Crippen LogP contribution >= 0.6 is 0 Å². The van der Waals surface area contributed by atoms with E-state index < -0.39 is 35.9 Å². The zero-order valence-electron chi connectivity index (χ0n) is 15.6. The molecule has 1 aromatic rings. The number of aliphatic hydroxyl groups is 1. The highest BCUT2D eigenvalue weighted by atomic mass is 19.1. The van der Waals surface area contributed by atoms with Crippen LogP contribution in [-0.4, -0.2) is 58.6 Å². The van der Waals surface area contributed by atoms with E-state index >= 15 is 0 Å². The summed E-state index contributed by atoms with van der Waals surface area (Å²) in [5.74, 6) is -0.976. The molecule has 1 heterocycles. The summed E-state index contributed by atoms with van der Waals surface area (Å²) in [5, 5.41) is 20.1. The van der Waals surface area contributed by atoms with Gasteiger partial charge in [0.05, 0.1) is 31.4 Å². The third-order valence-electron chi connectivity index (χ3n) is 4.84. The van der Waals surface area contributed by atoms with Crippen LogP contribution in [0.2, 0.25) is 0 Å². The van der Waals surface area contributed by atoms with Crippen LogP contribution in [-0.2, 0) is 11.2 Å². The topological polar surface area (TPSA) is 96.0 Å². The minimum atomic E-state index is -1.22. The van der Waals surface area contributed by atoms with E-state index in [0.717, 1.165) is 35.9 Å². The van der Waals surface area contributed by atoms with Gasteiger partial charge in [0, 0.05) is 12.1 Å². The smallest absolute Gasteiger partial charge is 0.407 e. The average Bonchev–Trinajstić information content (AvgIpc) is 2.58. The van der Waals surface area contributed by atoms with Gasteiger partial charge in [0.15, 0.2) is 0 Å². The standard InChI is InChI=1S/C19H28F2N2O4/c1-11(2)3-4-15-9-23(19(25)26)17(10-27-15)18(24)16(22)7-12-5-13(20)8-14(21)6-12/h5-6,8,11,15-18,24H,3-4,7,9-10,22H2,1-2H3,(H,25,26)/t15-,16-,17+,18-/m0/s1. The van der Waals surface area contributed by atoms with Crippen molar-refractivity contribution in [2.75, 3.05) is 13.2 Å². The first-order chi connectivity index (χ1) is 12.7. The monoisotopic (exact) mass is 386 g/mol. The Bertz CT molecular complexity index is 624. The van der Waals surface area contributed by atoms with Crippen molar-refractivity contribution in [1.29, 1.82) is 0 Å². The fourth-order valence-corrected chi connectivity index (χ4v) is 3.34. The molecule has 2 rings (SSSR count). The highest BCUT2D eigenvalue weighted by Crippen LogP contribution is 2.22. The van der Waals surface area contributed by atoms with Crippen LogP contribution in [0.15, 0.2) is 18.2 Å². The summed E-state index contributed by atoms with van der Waals surface area (Å²) in [4.78, 5) is 12.8. The van der Waals surface area contributed by atoms with Crippen LogP contribution in [0.3, 0.4) is 0 Å². The second kappa shape index (κ2) is 9.43. The molecule has 0 aromatic heterocycles. The van der Waals surface area contributed by atoms with Crippen molar-refractivity contribution in [1.82, 2.24) is 4.90 Å². The van der Waals surface area contributed by atoms with Gasteiger partial charge >= 0.3 is 6.09 Å². The molecule has 0 spiro atoms. The predicted molar refractivity (Wildman–Crippen MR) is 96.4 cm³/mol. The molecule has 1 aromatic carbocycles. The molecule has 8 heteroatoms. The molecule has 0 aliphatic carbocycles. The molecule has 1 amide bonds. The first kappa shape index (κ1) is 21.5. The molecule has 4 N–H and O–H groups in total. The summed E-state index contributed by atoms with van der Waals surface area (Å²) < 4.78 is 32.4. The average molecular weight is 386 g/mol. The van der Waals surface area contributed by atoms with Gasteiger partial charge in [-0.15, -0.1) is 0 Å². The number of hydrogen-bond donors (Lipinski definition) is 3. The van der Waals surface area contributed by atoms with Crippen LogP contribution in [0.1, 0.15) is 32.3 Å². The Balaban J connectivity index is 2.02. The summed E-state index contributed by atoms with van der Waals surface area (Å²) >= 11 is 0. The predicted octanol–water partition coefficient (Wildman–Crippen LogP) is 2.38. The summed E-state index contributed by atoms with van der Waals surface area (Å²) in [6.45, 7) is 4.35. The number of nitrogens with two attached hydrogens (primary N) is 1. The number of aliphatic hydroxyl groups excluding tert-OH is 1. The summed E-state index contributed by atoms with van der Waals surface area (Å²) in [6, 6.07) is 1.32. The molecular formula is C19H28F2N2O4. The molecule has 6 nitrogen and oxygen atoms in total. The second-order valence-electron chi connectivity index (χ2n) is 7.57. The van der Waals surface area contributed by atoms with Crippen LogP contribution in [0.25, 0.3) is 0 Å². The minimum Gasteiger partial charge on any atom is -0.465 e. The Kier molecular flexibility index (Phi) is 7.52. The maximum absolute atomic E-state index is 13.3. The highest BCUT2D eigenvalue weighted by molar-refractivity contribution is 5.65. The van der Waals surface area contributed by atoms with E-state index in [-0.39, 0.29) is 25.7 Å². The zero-order valence-corrected chi connectivity index (χ0v) is 15.6. The van der Waals surface area contributed by atoms with Crippen molar-refractivity contribution in [3.05, 3.63) is 35.4 Å². The third kappa shape index (κ3) is 6.12. The van der Waals surface area contributed by atoms with Gasteiger partial charge in [-0.25, -0.2) is 13.6 Å². The quantitative estimate of drug-likeness (QED) is 0.669. The largest absolute Gasteiger partial charge is 0.465 e. The molecule has 0 saturated carbocycles. The maximum Gasteiger partial charge on any atom is 0.407 e. The number of rotatable bonds is 7. The number of morpholine rings is 1. The van der Waals surface area contributed by atoms with E-state index in [9.17, 15) is 23.8 Å². The van der Waals surface area contributed by atoms with E-state index in [1.54, 1.807) is 0 Å². The fraction of sp³-hybridized carbons (Fsp3) is 0.632. The van der Waals surface area contributed by atoms with Crippen molar-refractivity contribution in [2.24, 2.45) is 11.7 Å². The lowest BCUT2D eigenvalue weighted by Gasteiger charge is -2.41. The molecule has 1 saturated heterocycles. The zero-order chi connectivity index (χ0) is 20.1. The summed E-state index contributed by atoms with van der Waals surface area (Å²) in [7, 11) is 0. The summed E-state index contributed by atoms with van der Waals surface area (Å²) in [6.07, 6.45) is -0.939. The van der Waals surface area contributed by atoms with Crippen LogP contribution in [0.4, 0.5) is 13.6 Å². The lowest BCUT2D eigenvalue weighted by molar-refractivity contribution is -0.0945. The SMILES string of the molecule is CC(C)CC[C@H]1CN(C(=O)O)[C@@H]([C@@H](O)[C@@H](N)Cc2cc(F)cc(F)c2)CO1. The Morgan fingerprint density at radius 1 is 1.33 bits per heavy atom. The molecular weight excluding hydrogens is 358 g/mol. The van der Waals surface area contributed by atoms with Gasteiger partial charge in [0.1, 0.15) is 11.6 Å². The number of halogens is 2. The third-order valence-corrected chi connectivity index (χ3v) is 4.84. The molecule has 1 aliphatic rings. The van der Waals surface area contributed by atoms with Gasteiger partial charge in [-0.2, -0.15) is 0 Å².